The van der Waals surface area contributed by atoms with Crippen molar-refractivity contribution in [3.8, 4) is 0 Å². The number of aliphatic hydroxyl groups is 1. The molecule has 18 heavy (non-hydrogen) atoms. The van der Waals surface area contributed by atoms with Crippen LogP contribution in [0.3, 0.4) is 0 Å². The molecule has 1 saturated carbocycles. The first-order valence-electron chi connectivity index (χ1n) is 6.80. The standard InChI is InChI=1S/C13H23NO4/c1-2-18-11-5-10(6-11)7-12(15)14-8-13(16)3-4-17-9-13/h10-11,16H,2-9H2,1H3,(H,14,15). The molecule has 0 radical (unpaired) electrons. The number of nitrogens with one attached hydrogen (secondary N) is 1. The second-order valence-corrected chi connectivity index (χ2v) is 5.42. The van der Waals surface area contributed by atoms with Crippen LogP contribution in [0.25, 0.3) is 0 Å². The van der Waals surface area contributed by atoms with Gasteiger partial charge < -0.3 is 19.9 Å². The van der Waals surface area contributed by atoms with Gasteiger partial charge in [-0.2, -0.15) is 0 Å². The van der Waals surface area contributed by atoms with E-state index in [0.29, 0.717) is 44.6 Å². The van der Waals surface area contributed by atoms with Crippen LogP contribution in [0.5, 0.6) is 0 Å². The summed E-state index contributed by atoms with van der Waals surface area (Å²) in [4.78, 5) is 11.7. The summed E-state index contributed by atoms with van der Waals surface area (Å²) in [7, 11) is 0. The Balaban J connectivity index is 1.59. The lowest BCUT2D eigenvalue weighted by Gasteiger charge is -2.34. The van der Waals surface area contributed by atoms with E-state index in [1.165, 1.54) is 0 Å². The normalized spacial score (nSPS) is 35.2. The Hall–Kier alpha value is -0.650. The number of ether oxygens (including phenoxy) is 2. The number of hydrogen-bond donors (Lipinski definition) is 2. The first-order chi connectivity index (χ1) is 8.61. The third kappa shape index (κ3) is 3.67. The Morgan fingerprint density at radius 1 is 1.56 bits per heavy atom. The van der Waals surface area contributed by atoms with Crippen LogP contribution < -0.4 is 5.32 Å². The molecule has 1 amide bonds. The van der Waals surface area contributed by atoms with Crippen LogP contribution in [-0.2, 0) is 14.3 Å². The predicted octanol–water partition coefficient (Wildman–Crippen LogP) is 0.459. The minimum absolute atomic E-state index is 0.0234. The third-order valence-electron chi connectivity index (χ3n) is 3.77. The fourth-order valence-electron chi connectivity index (χ4n) is 2.55. The van der Waals surface area contributed by atoms with Gasteiger partial charge in [0.1, 0.15) is 5.60 Å². The van der Waals surface area contributed by atoms with Crippen LogP contribution in [0.15, 0.2) is 0 Å². The molecule has 0 aromatic carbocycles. The molecule has 0 spiro atoms. The molecule has 1 saturated heterocycles. The van der Waals surface area contributed by atoms with Gasteiger partial charge in [0, 0.05) is 32.6 Å². The number of rotatable bonds is 6. The number of carbonyl (C=O) groups is 1. The van der Waals surface area contributed by atoms with Gasteiger partial charge in [-0.25, -0.2) is 0 Å². The van der Waals surface area contributed by atoms with Gasteiger partial charge in [-0.15, -0.1) is 0 Å². The highest BCUT2D eigenvalue weighted by molar-refractivity contribution is 5.76. The SMILES string of the molecule is CCOC1CC(CC(=O)NCC2(O)CCOC2)C1. The first-order valence-corrected chi connectivity index (χ1v) is 6.80. The summed E-state index contributed by atoms with van der Waals surface area (Å²) < 4.78 is 10.6. The van der Waals surface area contributed by atoms with E-state index in [0.717, 1.165) is 19.4 Å². The lowest BCUT2D eigenvalue weighted by molar-refractivity contribution is -0.125. The van der Waals surface area contributed by atoms with Crippen LogP contribution in [0.1, 0.15) is 32.6 Å². The zero-order chi connectivity index (χ0) is 13.0. The summed E-state index contributed by atoms with van der Waals surface area (Å²) in [6.07, 6.45) is 3.45. The van der Waals surface area contributed by atoms with Gasteiger partial charge in [-0.3, -0.25) is 4.79 Å². The number of amides is 1. The Kier molecular flexibility index (Phi) is 4.59. The average molecular weight is 257 g/mol. The van der Waals surface area contributed by atoms with E-state index in [1.54, 1.807) is 0 Å². The maximum Gasteiger partial charge on any atom is 0.220 e. The molecule has 2 aliphatic rings. The van der Waals surface area contributed by atoms with Crippen LogP contribution in [0.4, 0.5) is 0 Å². The van der Waals surface area contributed by atoms with Crippen molar-refractivity contribution in [2.24, 2.45) is 5.92 Å². The zero-order valence-corrected chi connectivity index (χ0v) is 11.0. The summed E-state index contributed by atoms with van der Waals surface area (Å²) in [5.41, 5.74) is -0.858. The maximum absolute atomic E-state index is 11.7. The molecule has 1 aliphatic carbocycles. The molecule has 5 heteroatoms. The summed E-state index contributed by atoms with van der Waals surface area (Å²) in [6.45, 7) is 3.93. The van der Waals surface area contributed by atoms with Crippen LogP contribution in [0, 0.1) is 5.92 Å². The molecular formula is C13H23NO4. The highest BCUT2D eigenvalue weighted by Gasteiger charge is 2.34. The lowest BCUT2D eigenvalue weighted by Crippen LogP contribution is -2.44. The van der Waals surface area contributed by atoms with Crippen molar-refractivity contribution in [2.45, 2.75) is 44.3 Å². The molecule has 2 N–H and O–H groups in total. The first kappa shape index (κ1) is 13.8. The molecule has 1 aliphatic heterocycles. The van der Waals surface area contributed by atoms with Crippen molar-refractivity contribution in [1.82, 2.24) is 5.32 Å². The van der Waals surface area contributed by atoms with Crippen LogP contribution in [0.2, 0.25) is 0 Å². The van der Waals surface area contributed by atoms with E-state index >= 15 is 0 Å². The molecule has 1 atom stereocenters. The fraction of sp³-hybridized carbons (Fsp3) is 0.923. The van der Waals surface area contributed by atoms with Crippen molar-refractivity contribution < 1.29 is 19.4 Å². The highest BCUT2D eigenvalue weighted by Crippen LogP contribution is 2.32. The molecule has 2 fully saturated rings. The Morgan fingerprint density at radius 2 is 2.33 bits per heavy atom. The molecule has 5 nitrogen and oxygen atoms in total. The van der Waals surface area contributed by atoms with Crippen molar-refractivity contribution in [2.75, 3.05) is 26.4 Å². The molecular weight excluding hydrogens is 234 g/mol. The number of hydrogen-bond acceptors (Lipinski definition) is 4. The van der Waals surface area contributed by atoms with Crippen molar-refractivity contribution >= 4 is 5.91 Å². The van der Waals surface area contributed by atoms with E-state index in [9.17, 15) is 9.90 Å². The van der Waals surface area contributed by atoms with Gasteiger partial charge in [0.25, 0.3) is 0 Å². The lowest BCUT2D eigenvalue weighted by atomic mass is 9.80. The monoisotopic (exact) mass is 257 g/mol. The molecule has 1 heterocycles. The molecule has 104 valence electrons. The van der Waals surface area contributed by atoms with Gasteiger partial charge in [0.2, 0.25) is 5.91 Å². The van der Waals surface area contributed by atoms with Crippen molar-refractivity contribution in [1.29, 1.82) is 0 Å². The zero-order valence-electron chi connectivity index (χ0n) is 11.0. The minimum Gasteiger partial charge on any atom is -0.386 e. The Morgan fingerprint density at radius 3 is 2.94 bits per heavy atom. The summed E-state index contributed by atoms with van der Waals surface area (Å²) in [5.74, 6) is 0.464. The summed E-state index contributed by atoms with van der Waals surface area (Å²) in [6, 6.07) is 0. The smallest absolute Gasteiger partial charge is 0.220 e. The van der Waals surface area contributed by atoms with E-state index in [1.807, 2.05) is 6.92 Å². The largest absolute Gasteiger partial charge is 0.386 e. The van der Waals surface area contributed by atoms with E-state index < -0.39 is 5.60 Å². The van der Waals surface area contributed by atoms with Crippen molar-refractivity contribution in [3.63, 3.8) is 0 Å². The van der Waals surface area contributed by atoms with Gasteiger partial charge in [0.05, 0.1) is 12.7 Å². The number of carbonyl (C=O) groups excluding carboxylic acids is 1. The minimum atomic E-state index is -0.858. The second-order valence-electron chi connectivity index (χ2n) is 5.42. The van der Waals surface area contributed by atoms with Gasteiger partial charge >= 0.3 is 0 Å². The van der Waals surface area contributed by atoms with E-state index in [2.05, 4.69) is 5.32 Å². The predicted molar refractivity (Wildman–Crippen MR) is 66.2 cm³/mol. The summed E-state index contributed by atoms with van der Waals surface area (Å²) >= 11 is 0. The topological polar surface area (TPSA) is 67.8 Å². The quantitative estimate of drug-likeness (QED) is 0.725. The van der Waals surface area contributed by atoms with Crippen molar-refractivity contribution in [3.05, 3.63) is 0 Å². The van der Waals surface area contributed by atoms with Gasteiger partial charge in [-0.05, 0) is 25.7 Å². The summed E-state index contributed by atoms with van der Waals surface area (Å²) in [5, 5.41) is 12.8. The molecule has 2 rings (SSSR count). The molecule has 0 bridgehead atoms. The molecule has 0 aromatic heterocycles. The fourth-order valence-corrected chi connectivity index (χ4v) is 2.55. The highest BCUT2D eigenvalue weighted by atomic mass is 16.5. The third-order valence-corrected chi connectivity index (χ3v) is 3.77. The van der Waals surface area contributed by atoms with E-state index in [4.69, 9.17) is 9.47 Å². The Labute approximate surface area is 108 Å². The maximum atomic E-state index is 11.7. The van der Waals surface area contributed by atoms with E-state index in [-0.39, 0.29) is 5.91 Å². The molecule has 1 unspecified atom stereocenters. The Bertz CT molecular complexity index is 283. The van der Waals surface area contributed by atoms with Gasteiger partial charge in [-0.1, -0.05) is 0 Å². The van der Waals surface area contributed by atoms with Crippen LogP contribution >= 0.6 is 0 Å². The molecule has 0 aromatic rings. The average Bonchev–Trinajstić information content (AvgIpc) is 2.72. The van der Waals surface area contributed by atoms with Crippen LogP contribution in [-0.4, -0.2) is 49.1 Å². The second kappa shape index (κ2) is 5.99. The van der Waals surface area contributed by atoms with Gasteiger partial charge in [0.15, 0.2) is 0 Å².